The molecule has 2 aromatic heterocycles. The van der Waals surface area contributed by atoms with Crippen molar-refractivity contribution in [3.8, 4) is 0 Å². The third-order valence-electron chi connectivity index (χ3n) is 4.48. The van der Waals surface area contributed by atoms with E-state index < -0.39 is 17.7 Å². The summed E-state index contributed by atoms with van der Waals surface area (Å²) in [6, 6.07) is 8.84. The second kappa shape index (κ2) is 5.96. The van der Waals surface area contributed by atoms with Crippen LogP contribution in [0.3, 0.4) is 0 Å². The molecule has 6 heteroatoms. The Balaban J connectivity index is 1.64. The molecule has 4 rings (SSSR count). The van der Waals surface area contributed by atoms with Gasteiger partial charge in [0.15, 0.2) is 0 Å². The number of aliphatic hydroxyl groups excluding tert-OH is 1. The number of hydrogen-bond acceptors (Lipinski definition) is 3. The van der Waals surface area contributed by atoms with Crippen molar-refractivity contribution in [3.63, 3.8) is 0 Å². The number of benzene rings is 1. The minimum Gasteiger partial charge on any atom is -0.392 e. The number of aliphatic hydroxyl groups is 1. The normalized spacial score (nSPS) is 21.6. The first-order valence-corrected chi connectivity index (χ1v) is 7.90. The predicted molar refractivity (Wildman–Crippen MR) is 85.3 cm³/mol. The van der Waals surface area contributed by atoms with E-state index >= 15 is 0 Å². The molecule has 1 aliphatic heterocycles. The Kier molecular flexibility index (Phi) is 3.78. The Hall–Kier alpha value is -2.31. The molecule has 1 N–H and O–H groups in total. The Bertz CT molecular complexity index is 847. The number of aromatic nitrogens is 2. The lowest BCUT2D eigenvalue weighted by atomic mass is 10.0. The molecule has 2 atom stereocenters. The van der Waals surface area contributed by atoms with Crippen LogP contribution in [0.15, 0.2) is 48.8 Å². The summed E-state index contributed by atoms with van der Waals surface area (Å²) in [7, 11) is 0. The standard InChI is InChI=1S/C18H17F2N3O/c19-12-4-5-16(20)15(7-12)17-8-14(24)11-23(17)10-13-9-22-6-2-1-3-18(22)21-13/h1-7,9,14,17,24H,8,10-11H2. The van der Waals surface area contributed by atoms with Gasteiger partial charge in [-0.05, 0) is 36.8 Å². The van der Waals surface area contributed by atoms with E-state index in [0.717, 1.165) is 23.5 Å². The van der Waals surface area contributed by atoms with Gasteiger partial charge in [-0.15, -0.1) is 0 Å². The smallest absolute Gasteiger partial charge is 0.137 e. The van der Waals surface area contributed by atoms with E-state index in [0.29, 0.717) is 19.5 Å². The van der Waals surface area contributed by atoms with Gasteiger partial charge < -0.3 is 9.51 Å². The average molecular weight is 329 g/mol. The molecule has 1 saturated heterocycles. The van der Waals surface area contributed by atoms with Crippen LogP contribution in [-0.4, -0.2) is 32.0 Å². The van der Waals surface area contributed by atoms with Crippen molar-refractivity contribution in [3.05, 3.63) is 71.7 Å². The average Bonchev–Trinajstić information content (AvgIpc) is 3.12. The lowest BCUT2D eigenvalue weighted by Gasteiger charge is -2.24. The molecule has 0 saturated carbocycles. The van der Waals surface area contributed by atoms with Crippen LogP contribution in [0, 0.1) is 11.6 Å². The van der Waals surface area contributed by atoms with E-state index in [2.05, 4.69) is 4.98 Å². The highest BCUT2D eigenvalue weighted by Crippen LogP contribution is 2.35. The van der Waals surface area contributed by atoms with Crippen LogP contribution >= 0.6 is 0 Å². The van der Waals surface area contributed by atoms with Crippen molar-refractivity contribution in [2.75, 3.05) is 6.54 Å². The van der Waals surface area contributed by atoms with E-state index in [4.69, 9.17) is 0 Å². The maximum Gasteiger partial charge on any atom is 0.137 e. The zero-order valence-corrected chi connectivity index (χ0v) is 12.9. The van der Waals surface area contributed by atoms with Gasteiger partial charge in [-0.2, -0.15) is 0 Å². The first kappa shape index (κ1) is 15.2. The van der Waals surface area contributed by atoms with Gasteiger partial charge in [-0.1, -0.05) is 6.07 Å². The van der Waals surface area contributed by atoms with Gasteiger partial charge in [0, 0.05) is 37.1 Å². The number of rotatable bonds is 3. The fourth-order valence-corrected chi connectivity index (χ4v) is 3.42. The first-order valence-electron chi connectivity index (χ1n) is 7.90. The number of hydrogen-bond donors (Lipinski definition) is 1. The lowest BCUT2D eigenvalue weighted by molar-refractivity contribution is 0.172. The monoisotopic (exact) mass is 329 g/mol. The van der Waals surface area contributed by atoms with E-state index in [-0.39, 0.29) is 11.6 Å². The molecule has 1 fully saturated rings. The Labute approximate surface area is 138 Å². The Morgan fingerprint density at radius 3 is 2.92 bits per heavy atom. The molecule has 0 aliphatic carbocycles. The molecular formula is C18H17F2N3O. The molecule has 1 aromatic carbocycles. The number of likely N-dealkylation sites (tertiary alicyclic amines) is 1. The van der Waals surface area contributed by atoms with E-state index in [1.54, 1.807) is 0 Å². The van der Waals surface area contributed by atoms with Crippen LogP contribution in [-0.2, 0) is 6.54 Å². The molecule has 0 amide bonds. The zero-order valence-electron chi connectivity index (χ0n) is 12.9. The van der Waals surface area contributed by atoms with E-state index in [1.807, 2.05) is 39.9 Å². The van der Waals surface area contributed by atoms with Gasteiger partial charge >= 0.3 is 0 Å². The number of imidazole rings is 1. The maximum absolute atomic E-state index is 14.1. The second-order valence-electron chi connectivity index (χ2n) is 6.20. The molecular weight excluding hydrogens is 312 g/mol. The summed E-state index contributed by atoms with van der Waals surface area (Å²) in [5.74, 6) is -0.920. The van der Waals surface area contributed by atoms with Crippen molar-refractivity contribution in [2.24, 2.45) is 0 Å². The highest BCUT2D eigenvalue weighted by Gasteiger charge is 2.34. The summed E-state index contributed by atoms with van der Waals surface area (Å²) >= 11 is 0. The largest absolute Gasteiger partial charge is 0.392 e. The third kappa shape index (κ3) is 2.79. The van der Waals surface area contributed by atoms with Gasteiger partial charge in [0.1, 0.15) is 17.3 Å². The number of pyridine rings is 1. The number of nitrogens with zero attached hydrogens (tertiary/aromatic N) is 3. The number of β-amino-alcohol motifs (C(OH)–C–C–N with tert-alkyl or cyclic N) is 1. The molecule has 1 aliphatic rings. The SMILES string of the molecule is OC1CC(c2cc(F)ccc2F)N(Cc2cn3ccccc3n2)C1. The fourth-order valence-electron chi connectivity index (χ4n) is 3.42. The molecule has 3 heterocycles. The van der Waals surface area contributed by atoms with Crippen molar-refractivity contribution in [2.45, 2.75) is 25.1 Å². The second-order valence-corrected chi connectivity index (χ2v) is 6.20. The number of fused-ring (bicyclic) bond motifs is 1. The number of halogens is 2. The summed E-state index contributed by atoms with van der Waals surface area (Å²) in [6.07, 6.45) is 3.65. The van der Waals surface area contributed by atoms with Gasteiger partial charge in [-0.25, -0.2) is 13.8 Å². The first-order chi connectivity index (χ1) is 11.6. The molecule has 0 spiro atoms. The van der Waals surface area contributed by atoms with Crippen LogP contribution in [0.5, 0.6) is 0 Å². The van der Waals surface area contributed by atoms with Gasteiger partial charge in [0.2, 0.25) is 0 Å². The van der Waals surface area contributed by atoms with Crippen LogP contribution < -0.4 is 0 Å². The van der Waals surface area contributed by atoms with Gasteiger partial charge in [0.05, 0.1) is 11.8 Å². The maximum atomic E-state index is 14.1. The van der Waals surface area contributed by atoms with Gasteiger partial charge in [-0.3, -0.25) is 4.90 Å². The molecule has 2 unspecified atom stereocenters. The summed E-state index contributed by atoms with van der Waals surface area (Å²) < 4.78 is 29.6. The lowest BCUT2D eigenvalue weighted by Crippen LogP contribution is -2.25. The third-order valence-corrected chi connectivity index (χ3v) is 4.48. The summed E-state index contributed by atoms with van der Waals surface area (Å²) in [6.45, 7) is 0.883. The molecule has 3 aromatic rings. The van der Waals surface area contributed by atoms with Crippen molar-refractivity contribution in [1.82, 2.24) is 14.3 Å². The van der Waals surface area contributed by atoms with E-state index in [1.165, 1.54) is 6.07 Å². The Morgan fingerprint density at radius 2 is 2.08 bits per heavy atom. The molecule has 24 heavy (non-hydrogen) atoms. The highest BCUT2D eigenvalue weighted by molar-refractivity contribution is 5.39. The zero-order chi connectivity index (χ0) is 16.7. The van der Waals surface area contributed by atoms with Crippen LogP contribution in [0.1, 0.15) is 23.7 Å². The van der Waals surface area contributed by atoms with Crippen molar-refractivity contribution in [1.29, 1.82) is 0 Å². The minimum absolute atomic E-state index is 0.287. The predicted octanol–water partition coefficient (Wildman–Crippen LogP) is 2.92. The van der Waals surface area contributed by atoms with Crippen LogP contribution in [0.25, 0.3) is 5.65 Å². The van der Waals surface area contributed by atoms with Crippen LogP contribution in [0.2, 0.25) is 0 Å². The molecule has 124 valence electrons. The minimum atomic E-state index is -0.560. The van der Waals surface area contributed by atoms with Crippen LogP contribution in [0.4, 0.5) is 8.78 Å². The summed E-state index contributed by atoms with van der Waals surface area (Å²) in [5, 5.41) is 10.0. The topological polar surface area (TPSA) is 40.8 Å². The summed E-state index contributed by atoms with van der Waals surface area (Å²) in [4.78, 5) is 6.49. The molecule has 4 nitrogen and oxygen atoms in total. The molecule has 0 radical (unpaired) electrons. The Morgan fingerprint density at radius 1 is 1.21 bits per heavy atom. The van der Waals surface area contributed by atoms with Gasteiger partial charge in [0.25, 0.3) is 0 Å². The fraction of sp³-hybridized carbons (Fsp3) is 0.278. The molecule has 0 bridgehead atoms. The van der Waals surface area contributed by atoms with E-state index in [9.17, 15) is 13.9 Å². The summed E-state index contributed by atoms with van der Waals surface area (Å²) in [5.41, 5.74) is 1.95. The quantitative estimate of drug-likeness (QED) is 0.803. The van der Waals surface area contributed by atoms with Crippen molar-refractivity contribution >= 4 is 5.65 Å². The highest BCUT2D eigenvalue weighted by atomic mass is 19.1. The van der Waals surface area contributed by atoms with Crippen molar-refractivity contribution < 1.29 is 13.9 Å².